The van der Waals surface area contributed by atoms with Crippen molar-refractivity contribution in [2.45, 2.75) is 0 Å². The zero-order chi connectivity index (χ0) is 8.55. The van der Waals surface area contributed by atoms with Crippen LogP contribution in [0.15, 0.2) is 12.3 Å². The second-order valence-electron chi connectivity index (χ2n) is 2.34. The van der Waals surface area contributed by atoms with E-state index in [1.807, 2.05) is 6.07 Å². The Morgan fingerprint density at radius 1 is 1.67 bits per heavy atom. The van der Waals surface area contributed by atoms with Crippen LogP contribution in [0.2, 0.25) is 0 Å². The van der Waals surface area contributed by atoms with Crippen LogP contribution < -0.4 is 10.1 Å². The van der Waals surface area contributed by atoms with Crippen molar-refractivity contribution in [2.24, 2.45) is 0 Å². The first-order valence-corrected chi connectivity index (χ1v) is 4.42. The van der Waals surface area contributed by atoms with Crippen LogP contribution in [0, 0.1) is 3.57 Å². The fourth-order valence-corrected chi connectivity index (χ4v) is 1.40. The Bertz CT molecular complexity index is 340. The number of anilines is 1. The molecular formula is C7H5IN2O2. The molecule has 2 heterocycles. The molecule has 0 radical (unpaired) electrons. The number of nitrogens with zero attached hydrogens (tertiary/aromatic N) is 1. The number of hydrogen-bond donors (Lipinski definition) is 1. The molecule has 0 atom stereocenters. The van der Waals surface area contributed by atoms with Crippen LogP contribution in [0.5, 0.6) is 5.88 Å². The molecule has 0 saturated heterocycles. The highest BCUT2D eigenvalue weighted by atomic mass is 127. The lowest BCUT2D eigenvalue weighted by molar-refractivity contribution is -0.118. The van der Waals surface area contributed by atoms with Gasteiger partial charge in [-0.1, -0.05) is 0 Å². The Labute approximate surface area is 82.5 Å². The molecule has 0 aliphatic carbocycles. The molecule has 0 aromatic carbocycles. The fraction of sp³-hybridized carbons (Fsp3) is 0.143. The molecule has 62 valence electrons. The van der Waals surface area contributed by atoms with Gasteiger partial charge in [-0.25, -0.2) is 4.98 Å². The van der Waals surface area contributed by atoms with Crippen LogP contribution in [0.25, 0.3) is 0 Å². The number of pyridine rings is 1. The van der Waals surface area contributed by atoms with Gasteiger partial charge in [-0.2, -0.15) is 0 Å². The number of ether oxygens (including phenoxy) is 1. The molecule has 1 aliphatic rings. The van der Waals surface area contributed by atoms with E-state index in [0.717, 1.165) is 3.57 Å². The average Bonchev–Trinajstić information content (AvgIpc) is 2.03. The number of hydrogen-bond acceptors (Lipinski definition) is 3. The highest BCUT2D eigenvalue weighted by Crippen LogP contribution is 2.25. The van der Waals surface area contributed by atoms with Crippen molar-refractivity contribution in [1.82, 2.24) is 4.98 Å². The molecule has 0 spiro atoms. The highest BCUT2D eigenvalue weighted by Gasteiger charge is 2.16. The maximum atomic E-state index is 10.9. The number of carbonyl (C=O) groups excluding carboxylic acids is 1. The maximum Gasteiger partial charge on any atom is 0.262 e. The first kappa shape index (κ1) is 7.78. The van der Waals surface area contributed by atoms with Crippen LogP contribution in [-0.2, 0) is 4.79 Å². The number of rotatable bonds is 0. The molecular weight excluding hydrogens is 271 g/mol. The molecule has 1 aliphatic heterocycles. The van der Waals surface area contributed by atoms with E-state index in [1.165, 1.54) is 0 Å². The summed E-state index contributed by atoms with van der Waals surface area (Å²) in [5.41, 5.74) is 0.651. The number of carbonyl (C=O) groups is 1. The van der Waals surface area contributed by atoms with E-state index in [0.29, 0.717) is 11.6 Å². The lowest BCUT2D eigenvalue weighted by atomic mass is 10.3. The van der Waals surface area contributed by atoms with Crippen LogP contribution >= 0.6 is 22.6 Å². The highest BCUT2D eigenvalue weighted by molar-refractivity contribution is 14.1. The molecule has 1 N–H and O–H groups in total. The quantitative estimate of drug-likeness (QED) is 0.720. The van der Waals surface area contributed by atoms with E-state index in [4.69, 9.17) is 4.74 Å². The van der Waals surface area contributed by atoms with Gasteiger partial charge in [0.2, 0.25) is 5.88 Å². The zero-order valence-electron chi connectivity index (χ0n) is 6.00. The van der Waals surface area contributed by atoms with Crippen molar-refractivity contribution in [2.75, 3.05) is 11.9 Å². The van der Waals surface area contributed by atoms with E-state index >= 15 is 0 Å². The molecule has 0 fully saturated rings. The van der Waals surface area contributed by atoms with Gasteiger partial charge in [0.15, 0.2) is 6.61 Å². The van der Waals surface area contributed by atoms with Gasteiger partial charge in [-0.05, 0) is 28.7 Å². The molecule has 0 bridgehead atoms. The van der Waals surface area contributed by atoms with Crippen molar-refractivity contribution in [3.05, 3.63) is 15.8 Å². The lowest BCUT2D eigenvalue weighted by Gasteiger charge is -2.15. The van der Waals surface area contributed by atoms with Crippen molar-refractivity contribution in [3.8, 4) is 5.88 Å². The van der Waals surface area contributed by atoms with Crippen molar-refractivity contribution in [3.63, 3.8) is 0 Å². The van der Waals surface area contributed by atoms with Gasteiger partial charge in [0, 0.05) is 9.77 Å². The fourth-order valence-electron chi connectivity index (χ4n) is 0.951. The van der Waals surface area contributed by atoms with Crippen LogP contribution in [0.3, 0.4) is 0 Å². The van der Waals surface area contributed by atoms with E-state index in [9.17, 15) is 4.79 Å². The smallest absolute Gasteiger partial charge is 0.262 e. The Morgan fingerprint density at radius 3 is 3.33 bits per heavy atom. The molecule has 4 nitrogen and oxygen atoms in total. The van der Waals surface area contributed by atoms with Gasteiger partial charge in [0.1, 0.15) is 5.69 Å². The van der Waals surface area contributed by atoms with E-state index < -0.39 is 0 Å². The van der Waals surface area contributed by atoms with Gasteiger partial charge in [0.05, 0.1) is 0 Å². The molecule has 2 rings (SSSR count). The topological polar surface area (TPSA) is 51.2 Å². The molecule has 5 heteroatoms. The van der Waals surface area contributed by atoms with Crippen LogP contribution in [-0.4, -0.2) is 17.5 Å². The standard InChI is InChI=1S/C7H5IN2O2/c8-4-1-5-7(9-2-4)12-3-6(11)10-5/h1-2H,3H2,(H,10,11). The maximum absolute atomic E-state index is 10.9. The first-order valence-electron chi connectivity index (χ1n) is 3.34. The summed E-state index contributed by atoms with van der Waals surface area (Å²) in [5.74, 6) is 0.362. The zero-order valence-corrected chi connectivity index (χ0v) is 8.16. The molecule has 1 aromatic heterocycles. The van der Waals surface area contributed by atoms with Crippen LogP contribution in [0.4, 0.5) is 5.69 Å². The molecule has 1 amide bonds. The summed E-state index contributed by atoms with van der Waals surface area (Å²) < 4.78 is 6.03. The monoisotopic (exact) mass is 276 g/mol. The van der Waals surface area contributed by atoms with Gasteiger partial charge in [-0.3, -0.25) is 4.79 Å². The third-order valence-electron chi connectivity index (χ3n) is 1.43. The van der Waals surface area contributed by atoms with Crippen molar-refractivity contribution >= 4 is 34.2 Å². The summed E-state index contributed by atoms with van der Waals surface area (Å²) in [5, 5.41) is 2.67. The van der Waals surface area contributed by atoms with Gasteiger partial charge in [-0.15, -0.1) is 0 Å². The SMILES string of the molecule is O=C1COc2ncc(I)cc2N1. The van der Waals surface area contributed by atoms with Crippen molar-refractivity contribution in [1.29, 1.82) is 0 Å². The van der Waals surface area contributed by atoms with Gasteiger partial charge >= 0.3 is 0 Å². The average molecular weight is 276 g/mol. The number of aromatic nitrogens is 1. The summed E-state index contributed by atoms with van der Waals surface area (Å²) >= 11 is 2.12. The first-order chi connectivity index (χ1) is 5.75. The minimum Gasteiger partial charge on any atom is -0.466 e. The Hall–Kier alpha value is -0.850. The second kappa shape index (κ2) is 2.89. The van der Waals surface area contributed by atoms with E-state index in [2.05, 4.69) is 32.9 Å². The predicted molar refractivity (Wildman–Crippen MR) is 51.1 cm³/mol. The number of halogens is 1. The summed E-state index contributed by atoms with van der Waals surface area (Å²) in [7, 11) is 0. The van der Waals surface area contributed by atoms with E-state index in [-0.39, 0.29) is 12.5 Å². The molecule has 1 aromatic rings. The summed E-state index contributed by atoms with van der Waals surface area (Å²) in [6.45, 7) is 0.0561. The largest absolute Gasteiger partial charge is 0.466 e. The number of nitrogens with one attached hydrogen (secondary N) is 1. The van der Waals surface area contributed by atoms with Gasteiger partial charge in [0.25, 0.3) is 5.91 Å². The van der Waals surface area contributed by atoms with Crippen molar-refractivity contribution < 1.29 is 9.53 Å². The summed E-state index contributed by atoms with van der Waals surface area (Å²) in [6.07, 6.45) is 1.69. The van der Waals surface area contributed by atoms with Crippen LogP contribution in [0.1, 0.15) is 0 Å². The third kappa shape index (κ3) is 1.36. The van der Waals surface area contributed by atoms with Gasteiger partial charge < -0.3 is 10.1 Å². The minimum absolute atomic E-state index is 0.0561. The predicted octanol–water partition coefficient (Wildman–Crippen LogP) is 1.02. The Morgan fingerprint density at radius 2 is 2.50 bits per heavy atom. The molecule has 0 saturated carbocycles. The summed E-state index contributed by atoms with van der Waals surface area (Å²) in [4.78, 5) is 14.9. The minimum atomic E-state index is -0.133. The number of amides is 1. The van der Waals surface area contributed by atoms with E-state index in [1.54, 1.807) is 6.20 Å². The summed E-state index contributed by atoms with van der Waals surface area (Å²) in [6, 6.07) is 1.82. The lowest BCUT2D eigenvalue weighted by Crippen LogP contribution is -2.25. The Balaban J connectivity index is 2.44. The third-order valence-corrected chi connectivity index (χ3v) is 2.02. The number of fused-ring (bicyclic) bond motifs is 1. The molecule has 12 heavy (non-hydrogen) atoms. The second-order valence-corrected chi connectivity index (χ2v) is 3.59. The Kier molecular flexibility index (Phi) is 1.87. The normalized spacial score (nSPS) is 14.6. The molecule has 0 unspecified atom stereocenters.